The highest BCUT2D eigenvalue weighted by atomic mass is 32.2. The van der Waals surface area contributed by atoms with Gasteiger partial charge >= 0.3 is 0 Å². The van der Waals surface area contributed by atoms with Crippen molar-refractivity contribution in [3.05, 3.63) is 18.0 Å². The summed E-state index contributed by atoms with van der Waals surface area (Å²) in [5.74, 6) is 0. The number of hydrogen-bond acceptors (Lipinski definition) is 4. The van der Waals surface area contributed by atoms with Crippen LogP contribution in [-0.4, -0.2) is 51.0 Å². The summed E-state index contributed by atoms with van der Waals surface area (Å²) < 4.78 is 27.2. The quantitative estimate of drug-likeness (QED) is 0.597. The van der Waals surface area contributed by atoms with Crippen molar-refractivity contribution in [3.63, 3.8) is 0 Å². The Balaban J connectivity index is 2.66. The summed E-state index contributed by atoms with van der Waals surface area (Å²) in [4.78, 5) is 5.27. The largest absolute Gasteiger partial charge is 0.363 e. The number of aromatic amines is 1. The van der Waals surface area contributed by atoms with E-state index in [9.17, 15) is 8.42 Å². The monoisotopic (exact) mass is 316 g/mol. The molecule has 0 saturated heterocycles. The Hall–Kier alpha value is -0.890. The van der Waals surface area contributed by atoms with E-state index in [1.807, 2.05) is 32.8 Å². The number of sulfonamides is 1. The van der Waals surface area contributed by atoms with Crippen molar-refractivity contribution in [3.8, 4) is 0 Å². The van der Waals surface area contributed by atoms with Gasteiger partial charge in [-0.05, 0) is 47.0 Å². The number of nitrogens with one attached hydrogen (secondary N) is 3. The minimum atomic E-state index is -3.47. The molecule has 1 aromatic rings. The Morgan fingerprint density at radius 2 is 2.00 bits per heavy atom. The standard InChI is InChI=1S/C14H28N4O2S/c1-6-7-15-9-12-8-13(10-16-12)21(19,20)17-11-14(2,3)18(4)5/h8,10,15-17H,6-7,9,11H2,1-5H3. The van der Waals surface area contributed by atoms with Crippen LogP contribution in [0.1, 0.15) is 32.9 Å². The van der Waals surface area contributed by atoms with E-state index in [1.54, 1.807) is 6.07 Å². The average molecular weight is 316 g/mol. The van der Waals surface area contributed by atoms with Gasteiger partial charge in [0.15, 0.2) is 0 Å². The molecule has 0 radical (unpaired) electrons. The summed E-state index contributed by atoms with van der Waals surface area (Å²) in [5, 5.41) is 3.23. The lowest BCUT2D eigenvalue weighted by atomic mass is 10.1. The van der Waals surface area contributed by atoms with Gasteiger partial charge in [0.25, 0.3) is 0 Å². The van der Waals surface area contributed by atoms with Crippen molar-refractivity contribution in [1.82, 2.24) is 19.9 Å². The van der Waals surface area contributed by atoms with Gasteiger partial charge in [-0.25, -0.2) is 13.1 Å². The number of H-pyrrole nitrogens is 1. The Bertz CT molecular complexity index is 535. The van der Waals surface area contributed by atoms with Gasteiger partial charge in [-0.2, -0.15) is 0 Å². The number of nitrogens with zero attached hydrogens (tertiary/aromatic N) is 1. The van der Waals surface area contributed by atoms with E-state index in [0.29, 0.717) is 13.1 Å². The molecule has 0 atom stereocenters. The SMILES string of the molecule is CCCNCc1cc(S(=O)(=O)NCC(C)(C)N(C)C)c[nH]1. The molecule has 0 aliphatic rings. The first-order valence-corrected chi connectivity index (χ1v) is 8.72. The molecule has 0 aliphatic carbocycles. The minimum Gasteiger partial charge on any atom is -0.363 e. The number of rotatable bonds is 9. The van der Waals surface area contributed by atoms with Crippen LogP contribution in [0.4, 0.5) is 0 Å². The van der Waals surface area contributed by atoms with Crippen LogP contribution in [0.25, 0.3) is 0 Å². The molecule has 7 heteroatoms. The molecule has 1 aromatic heterocycles. The second-order valence-corrected chi connectivity index (χ2v) is 7.84. The van der Waals surface area contributed by atoms with Crippen molar-refractivity contribution < 1.29 is 8.42 Å². The minimum absolute atomic E-state index is 0.241. The molecule has 0 aromatic carbocycles. The highest BCUT2D eigenvalue weighted by molar-refractivity contribution is 7.89. The summed E-state index contributed by atoms with van der Waals surface area (Å²) in [7, 11) is 0.393. The summed E-state index contributed by atoms with van der Waals surface area (Å²) >= 11 is 0. The lowest BCUT2D eigenvalue weighted by molar-refractivity contribution is 0.199. The first kappa shape index (κ1) is 18.2. The van der Waals surface area contributed by atoms with Crippen LogP contribution >= 0.6 is 0 Å². The highest BCUT2D eigenvalue weighted by Crippen LogP contribution is 2.13. The van der Waals surface area contributed by atoms with E-state index in [4.69, 9.17) is 0 Å². The van der Waals surface area contributed by atoms with Crippen molar-refractivity contribution in [2.45, 2.75) is 44.2 Å². The molecule has 0 bridgehead atoms. The van der Waals surface area contributed by atoms with Crippen molar-refractivity contribution >= 4 is 10.0 Å². The van der Waals surface area contributed by atoms with Gasteiger partial charge in [-0.1, -0.05) is 6.92 Å². The van der Waals surface area contributed by atoms with Gasteiger partial charge in [0.1, 0.15) is 0 Å². The summed E-state index contributed by atoms with van der Waals surface area (Å²) in [6.07, 6.45) is 2.58. The molecule has 1 rings (SSSR count). The van der Waals surface area contributed by atoms with Crippen molar-refractivity contribution in [2.24, 2.45) is 0 Å². The van der Waals surface area contributed by atoms with Crippen LogP contribution in [0, 0.1) is 0 Å². The highest BCUT2D eigenvalue weighted by Gasteiger charge is 2.24. The third-order valence-electron chi connectivity index (χ3n) is 3.67. The second kappa shape index (κ2) is 7.40. The molecule has 0 unspecified atom stereocenters. The lowest BCUT2D eigenvalue weighted by Crippen LogP contribution is -2.48. The van der Waals surface area contributed by atoms with Crippen LogP contribution in [0.15, 0.2) is 17.2 Å². The summed E-state index contributed by atoms with van der Waals surface area (Å²) in [6.45, 7) is 7.99. The maximum absolute atomic E-state index is 12.3. The van der Waals surface area contributed by atoms with Crippen molar-refractivity contribution in [2.75, 3.05) is 27.2 Å². The van der Waals surface area contributed by atoms with Crippen molar-refractivity contribution in [1.29, 1.82) is 0 Å². The third kappa shape index (κ3) is 5.43. The maximum Gasteiger partial charge on any atom is 0.242 e. The zero-order valence-electron chi connectivity index (χ0n) is 13.7. The summed E-state index contributed by atoms with van der Waals surface area (Å²) in [5.41, 5.74) is 0.630. The van der Waals surface area contributed by atoms with Gasteiger partial charge in [0.2, 0.25) is 10.0 Å². The summed E-state index contributed by atoms with van der Waals surface area (Å²) in [6, 6.07) is 1.67. The molecule has 0 aliphatic heterocycles. The van der Waals surface area contributed by atoms with Gasteiger partial charge in [0, 0.05) is 30.5 Å². The van der Waals surface area contributed by atoms with Gasteiger partial charge < -0.3 is 15.2 Å². The zero-order chi connectivity index (χ0) is 16.1. The molecule has 0 saturated carbocycles. The van der Waals surface area contributed by atoms with Crippen LogP contribution in [0.2, 0.25) is 0 Å². The predicted molar refractivity (Wildman–Crippen MR) is 85.7 cm³/mol. The Morgan fingerprint density at radius 1 is 1.33 bits per heavy atom. The van der Waals surface area contributed by atoms with Crippen LogP contribution in [0.5, 0.6) is 0 Å². The Morgan fingerprint density at radius 3 is 2.57 bits per heavy atom. The van der Waals surface area contributed by atoms with E-state index in [1.165, 1.54) is 6.20 Å². The molecule has 6 nitrogen and oxygen atoms in total. The molecular weight excluding hydrogens is 288 g/mol. The van der Waals surface area contributed by atoms with E-state index >= 15 is 0 Å². The number of aromatic nitrogens is 1. The van der Waals surface area contributed by atoms with E-state index in [0.717, 1.165) is 18.7 Å². The van der Waals surface area contributed by atoms with Gasteiger partial charge in [-0.15, -0.1) is 0 Å². The molecule has 21 heavy (non-hydrogen) atoms. The Labute approximate surface area is 128 Å². The average Bonchev–Trinajstić information content (AvgIpc) is 2.86. The molecule has 3 N–H and O–H groups in total. The fraction of sp³-hybridized carbons (Fsp3) is 0.714. The first-order chi connectivity index (χ1) is 9.69. The van der Waals surface area contributed by atoms with Gasteiger partial charge in [0.05, 0.1) is 4.90 Å². The third-order valence-corrected chi connectivity index (χ3v) is 5.05. The van der Waals surface area contributed by atoms with E-state index in [2.05, 4.69) is 21.9 Å². The van der Waals surface area contributed by atoms with Crippen LogP contribution in [0.3, 0.4) is 0 Å². The van der Waals surface area contributed by atoms with Crippen LogP contribution in [-0.2, 0) is 16.6 Å². The fourth-order valence-electron chi connectivity index (χ4n) is 1.59. The Kier molecular flexibility index (Phi) is 6.40. The van der Waals surface area contributed by atoms with Crippen LogP contribution < -0.4 is 10.0 Å². The second-order valence-electron chi connectivity index (χ2n) is 6.07. The molecule has 0 amide bonds. The molecule has 0 fully saturated rings. The zero-order valence-corrected chi connectivity index (χ0v) is 14.5. The predicted octanol–water partition coefficient (Wildman–Crippen LogP) is 1.13. The lowest BCUT2D eigenvalue weighted by Gasteiger charge is -2.32. The van der Waals surface area contributed by atoms with Gasteiger partial charge in [-0.3, -0.25) is 0 Å². The van der Waals surface area contributed by atoms with E-state index < -0.39 is 10.0 Å². The maximum atomic E-state index is 12.3. The topological polar surface area (TPSA) is 77.2 Å². The number of hydrogen-bond donors (Lipinski definition) is 3. The molecule has 0 spiro atoms. The smallest absolute Gasteiger partial charge is 0.242 e. The fourth-order valence-corrected chi connectivity index (χ4v) is 2.81. The van der Waals surface area contributed by atoms with E-state index in [-0.39, 0.29) is 10.4 Å². The number of likely N-dealkylation sites (N-methyl/N-ethyl adjacent to an activating group) is 1. The molecule has 1 heterocycles. The molecular formula is C14H28N4O2S. The normalized spacial score (nSPS) is 13.0. The molecule has 122 valence electrons. The first-order valence-electron chi connectivity index (χ1n) is 7.24.